The Balaban J connectivity index is 2.00. The van der Waals surface area contributed by atoms with Gasteiger partial charge in [-0.15, -0.1) is 0 Å². The predicted octanol–water partition coefficient (Wildman–Crippen LogP) is 3.26. The summed E-state index contributed by atoms with van der Waals surface area (Å²) in [6, 6.07) is 4.11. The lowest BCUT2D eigenvalue weighted by Crippen LogP contribution is -2.60. The monoisotopic (exact) mass is 817 g/mol. The van der Waals surface area contributed by atoms with E-state index >= 15 is 0 Å². The highest BCUT2D eigenvalue weighted by molar-refractivity contribution is 5.98. The molecule has 4 N–H and O–H groups in total. The lowest BCUT2D eigenvalue weighted by Gasteiger charge is -2.40. The van der Waals surface area contributed by atoms with E-state index in [0.717, 1.165) is 18.4 Å². The molecule has 0 aromatic heterocycles. The number of benzene rings is 1. The van der Waals surface area contributed by atoms with Gasteiger partial charge in [0.1, 0.15) is 23.7 Å². The van der Waals surface area contributed by atoms with Gasteiger partial charge in [0.15, 0.2) is 0 Å². The molecule has 0 saturated carbocycles. The number of hydrazine groups is 1. The molecule has 0 bridgehead atoms. The Hall–Kier alpha value is -4.28. The summed E-state index contributed by atoms with van der Waals surface area (Å²) in [5, 5.41) is 15.0. The second-order valence-electron chi connectivity index (χ2n) is 17.3. The lowest BCUT2D eigenvalue weighted by atomic mass is 9.95. The molecule has 1 aromatic rings. The minimum absolute atomic E-state index is 0.0564. The van der Waals surface area contributed by atoms with Crippen LogP contribution >= 0.6 is 0 Å². The van der Waals surface area contributed by atoms with Crippen LogP contribution in [-0.2, 0) is 39.9 Å². The molecule has 6 amide bonds. The third kappa shape index (κ3) is 14.2. The first kappa shape index (κ1) is 49.9. The minimum Gasteiger partial charge on any atom is -0.444 e. The standard InChI is InChI=1S/C42H72N8O8/c1-25(2)33(46-39(54)34(26(3)4)47(11)12)40(55)49(14)50-23-17-20-32(50)35(57-15)27(5)36(51)43-22-21-30-18-16-19-31(24-30)45-37(52)28(6)44-38(53)29(7)48(13)41(56)58-42(8,9)10/h16,18-19,24-29,32-35H,17,20-23H2,1-15H3,(H,43,51)(H,44,53)(H,45,52)(H,46,54)/t27-,28+,29+,32?,33+,34+,35-/m1/s1. The Bertz CT molecular complexity index is 1560. The summed E-state index contributed by atoms with van der Waals surface area (Å²) in [4.78, 5) is 82.0. The van der Waals surface area contributed by atoms with E-state index in [1.807, 2.05) is 64.7 Å². The molecule has 16 heteroatoms. The smallest absolute Gasteiger partial charge is 0.410 e. The summed E-state index contributed by atoms with van der Waals surface area (Å²) in [6.45, 7) is 18.8. The first-order chi connectivity index (χ1) is 26.9. The number of hydrogen-bond acceptors (Lipinski definition) is 10. The van der Waals surface area contributed by atoms with E-state index in [4.69, 9.17) is 9.47 Å². The molecular formula is C42H72N8O8. The number of ether oxygens (including phenoxy) is 2. The Labute approximate surface area is 346 Å². The van der Waals surface area contributed by atoms with Crippen LogP contribution in [-0.4, -0.2) is 146 Å². The molecule has 1 unspecified atom stereocenters. The van der Waals surface area contributed by atoms with Gasteiger partial charge < -0.3 is 30.7 Å². The summed E-state index contributed by atoms with van der Waals surface area (Å²) < 4.78 is 11.3. The Morgan fingerprint density at radius 2 is 1.50 bits per heavy atom. The molecule has 328 valence electrons. The van der Waals surface area contributed by atoms with Crippen LogP contribution in [0.2, 0.25) is 0 Å². The van der Waals surface area contributed by atoms with Gasteiger partial charge in [-0.1, -0.05) is 46.8 Å². The van der Waals surface area contributed by atoms with Crippen molar-refractivity contribution >= 4 is 41.3 Å². The summed E-state index contributed by atoms with van der Waals surface area (Å²) in [5.74, 6) is -2.19. The fourth-order valence-corrected chi connectivity index (χ4v) is 7.15. The third-order valence-corrected chi connectivity index (χ3v) is 10.5. The van der Waals surface area contributed by atoms with E-state index in [1.54, 1.807) is 72.0 Å². The van der Waals surface area contributed by atoms with Gasteiger partial charge in [-0.25, -0.2) is 9.80 Å². The third-order valence-electron chi connectivity index (χ3n) is 10.5. The molecular weight excluding hydrogens is 745 g/mol. The zero-order valence-corrected chi connectivity index (χ0v) is 37.6. The molecule has 0 aliphatic carbocycles. The largest absolute Gasteiger partial charge is 0.444 e. The van der Waals surface area contributed by atoms with E-state index in [1.165, 1.54) is 11.9 Å². The zero-order chi connectivity index (χ0) is 44.2. The van der Waals surface area contributed by atoms with Crippen LogP contribution in [0, 0.1) is 17.8 Å². The molecule has 1 fully saturated rings. The number of carbonyl (C=O) groups excluding carboxylic acids is 6. The summed E-state index contributed by atoms with van der Waals surface area (Å²) in [5.41, 5.74) is 0.681. The molecule has 7 atom stereocenters. The maximum absolute atomic E-state index is 13.9. The second kappa shape index (κ2) is 22.2. The van der Waals surface area contributed by atoms with E-state index in [-0.39, 0.29) is 41.6 Å². The number of anilines is 1. The van der Waals surface area contributed by atoms with Crippen LogP contribution in [0.4, 0.5) is 10.5 Å². The van der Waals surface area contributed by atoms with E-state index < -0.39 is 53.7 Å². The molecule has 1 aliphatic rings. The number of amides is 6. The first-order valence-electron chi connectivity index (χ1n) is 20.4. The number of rotatable bonds is 19. The molecule has 0 spiro atoms. The SMILES string of the molecule is CO[C@@H](C1CCCN1N(C)C(=O)[C@@H](NC(=O)[C@H](C(C)C)N(C)C)C(C)C)[C@@H](C)C(=O)NCCc1cccc(NC(=O)[C@H](C)NC(=O)[C@H](C)N(C)C(=O)OC(C)(C)C)c1. The van der Waals surface area contributed by atoms with Crippen molar-refractivity contribution in [2.24, 2.45) is 17.8 Å². The highest BCUT2D eigenvalue weighted by atomic mass is 16.6. The average molecular weight is 817 g/mol. The summed E-state index contributed by atoms with van der Waals surface area (Å²) in [6.07, 6.45) is 0.871. The topological polar surface area (TPSA) is 182 Å². The molecule has 1 aliphatic heterocycles. The Morgan fingerprint density at radius 3 is 2.05 bits per heavy atom. The maximum Gasteiger partial charge on any atom is 0.410 e. The van der Waals surface area contributed by atoms with Crippen molar-refractivity contribution in [3.63, 3.8) is 0 Å². The number of nitrogens with zero attached hydrogens (tertiary/aromatic N) is 4. The van der Waals surface area contributed by atoms with Crippen LogP contribution in [0.1, 0.15) is 87.6 Å². The summed E-state index contributed by atoms with van der Waals surface area (Å²) in [7, 11) is 8.46. The van der Waals surface area contributed by atoms with Gasteiger partial charge in [-0.3, -0.25) is 38.8 Å². The normalized spacial score (nSPS) is 17.8. The fraction of sp³-hybridized carbons (Fsp3) is 0.714. The van der Waals surface area contributed by atoms with Crippen molar-refractivity contribution in [1.29, 1.82) is 0 Å². The lowest BCUT2D eigenvalue weighted by molar-refractivity contribution is -0.159. The molecule has 1 aromatic carbocycles. The van der Waals surface area contributed by atoms with Crippen LogP contribution < -0.4 is 21.3 Å². The van der Waals surface area contributed by atoms with Crippen molar-refractivity contribution in [1.82, 2.24) is 35.8 Å². The van der Waals surface area contributed by atoms with Gasteiger partial charge in [0.05, 0.1) is 24.1 Å². The number of likely N-dealkylation sites (N-methyl/N-ethyl adjacent to an activating group) is 3. The Morgan fingerprint density at radius 1 is 0.862 bits per heavy atom. The van der Waals surface area contributed by atoms with Crippen molar-refractivity contribution in [2.45, 2.75) is 130 Å². The molecule has 0 radical (unpaired) electrons. The number of carbonyl (C=O) groups is 6. The van der Waals surface area contributed by atoms with Crippen molar-refractivity contribution < 1.29 is 38.2 Å². The van der Waals surface area contributed by atoms with Gasteiger partial charge in [-0.2, -0.15) is 0 Å². The number of nitrogens with one attached hydrogen (secondary N) is 4. The molecule has 1 saturated heterocycles. The second-order valence-corrected chi connectivity index (χ2v) is 17.3. The molecule has 58 heavy (non-hydrogen) atoms. The van der Waals surface area contributed by atoms with Gasteiger partial charge in [0, 0.05) is 40.0 Å². The minimum atomic E-state index is -0.892. The van der Waals surface area contributed by atoms with Crippen molar-refractivity contribution in [3.05, 3.63) is 29.8 Å². The molecule has 1 heterocycles. The molecule has 2 rings (SSSR count). The maximum atomic E-state index is 13.9. The first-order valence-corrected chi connectivity index (χ1v) is 20.4. The van der Waals surface area contributed by atoms with E-state index in [0.29, 0.717) is 25.2 Å². The summed E-state index contributed by atoms with van der Waals surface area (Å²) >= 11 is 0. The van der Waals surface area contributed by atoms with E-state index in [2.05, 4.69) is 21.3 Å². The predicted molar refractivity (Wildman–Crippen MR) is 224 cm³/mol. The zero-order valence-electron chi connectivity index (χ0n) is 37.6. The van der Waals surface area contributed by atoms with Crippen LogP contribution in [0.25, 0.3) is 0 Å². The van der Waals surface area contributed by atoms with Gasteiger partial charge in [-0.05, 0) is 97.5 Å². The average Bonchev–Trinajstić information content (AvgIpc) is 3.61. The quantitative estimate of drug-likeness (QED) is 0.162. The highest BCUT2D eigenvalue weighted by Crippen LogP contribution is 2.28. The highest BCUT2D eigenvalue weighted by Gasteiger charge is 2.42. The van der Waals surface area contributed by atoms with Crippen LogP contribution in [0.3, 0.4) is 0 Å². The Kier molecular flexibility index (Phi) is 19.1. The van der Waals surface area contributed by atoms with Crippen molar-refractivity contribution in [2.75, 3.05) is 53.7 Å². The van der Waals surface area contributed by atoms with Crippen molar-refractivity contribution in [3.8, 4) is 0 Å². The van der Waals surface area contributed by atoms with Gasteiger partial charge >= 0.3 is 6.09 Å². The number of hydrogen-bond donors (Lipinski definition) is 4. The van der Waals surface area contributed by atoms with Gasteiger partial charge in [0.25, 0.3) is 5.91 Å². The molecule has 16 nitrogen and oxygen atoms in total. The van der Waals surface area contributed by atoms with Crippen LogP contribution in [0.5, 0.6) is 0 Å². The van der Waals surface area contributed by atoms with E-state index in [9.17, 15) is 28.8 Å². The number of methoxy groups -OCH3 is 1. The van der Waals surface area contributed by atoms with Crippen LogP contribution in [0.15, 0.2) is 24.3 Å². The van der Waals surface area contributed by atoms with Gasteiger partial charge in [0.2, 0.25) is 23.6 Å². The fourth-order valence-electron chi connectivity index (χ4n) is 7.15.